The van der Waals surface area contributed by atoms with Crippen LogP contribution in [0.2, 0.25) is 0 Å². The first-order valence-electron chi connectivity index (χ1n) is 5.26. The van der Waals surface area contributed by atoms with Crippen molar-refractivity contribution in [1.82, 2.24) is 0 Å². The van der Waals surface area contributed by atoms with Crippen LogP contribution >= 0.6 is 0 Å². The average molecular weight is 270 g/mol. The van der Waals surface area contributed by atoms with Gasteiger partial charge in [0.05, 0.1) is 0 Å². The molecule has 19 heavy (non-hydrogen) atoms. The van der Waals surface area contributed by atoms with Gasteiger partial charge in [-0.2, -0.15) is 0 Å². The number of ether oxygens (including phenoxy) is 1. The topological polar surface area (TPSA) is 49.7 Å². The number of aliphatic hydroxyl groups excluding tert-OH is 1. The Balaban J connectivity index is 2.24. The van der Waals surface area contributed by atoms with E-state index in [9.17, 15) is 13.2 Å². The van der Waals surface area contributed by atoms with E-state index >= 15 is 0 Å². The molecule has 0 aliphatic heterocycles. The Hall–Kier alpha value is -2.05. The van der Waals surface area contributed by atoms with Gasteiger partial charge in [0, 0.05) is 17.7 Å². The fraction of sp³-hybridized carbons (Fsp3) is 0.0769. The number of halogens is 3. The predicted octanol–water partition coefficient (Wildman–Crippen LogP) is 2.88. The lowest BCUT2D eigenvalue weighted by molar-refractivity contribution is -0.0449. The first kappa shape index (κ1) is 13.4. The van der Waals surface area contributed by atoms with Crippen molar-refractivity contribution in [2.75, 3.05) is 0 Å². The van der Waals surface area contributed by atoms with Crippen LogP contribution in [0.25, 0.3) is 0 Å². The molecule has 0 bridgehead atoms. The summed E-state index contributed by atoms with van der Waals surface area (Å²) >= 11 is 0. The fourth-order valence-electron chi connectivity index (χ4n) is 1.46. The van der Waals surface area contributed by atoms with Gasteiger partial charge in [-0.05, 0) is 24.3 Å². The summed E-state index contributed by atoms with van der Waals surface area (Å²) in [5, 5.41) is 17.7. The van der Waals surface area contributed by atoms with Gasteiger partial charge in [-0.25, -0.2) is 13.2 Å². The highest BCUT2D eigenvalue weighted by atomic mass is 19.2. The van der Waals surface area contributed by atoms with Gasteiger partial charge in [-0.3, -0.25) is 0 Å². The zero-order chi connectivity index (χ0) is 14.0. The van der Waals surface area contributed by atoms with E-state index in [1.165, 1.54) is 12.1 Å². The van der Waals surface area contributed by atoms with Crippen molar-refractivity contribution in [3.63, 3.8) is 0 Å². The van der Waals surface area contributed by atoms with Crippen LogP contribution in [0.15, 0.2) is 36.4 Å². The molecular formula is C13H9F3O3. The number of hydrogen-bond acceptors (Lipinski definition) is 3. The molecule has 0 fully saturated rings. The number of aliphatic hydroxyl groups is 2. The second-order valence-corrected chi connectivity index (χ2v) is 3.73. The van der Waals surface area contributed by atoms with E-state index in [0.717, 1.165) is 24.3 Å². The van der Waals surface area contributed by atoms with Gasteiger partial charge in [0.1, 0.15) is 17.3 Å². The van der Waals surface area contributed by atoms with Crippen molar-refractivity contribution in [3.8, 4) is 11.5 Å². The lowest BCUT2D eigenvalue weighted by atomic mass is 10.2. The molecule has 3 nitrogen and oxygen atoms in total. The first-order valence-corrected chi connectivity index (χ1v) is 5.26. The van der Waals surface area contributed by atoms with E-state index in [1.807, 2.05) is 0 Å². The van der Waals surface area contributed by atoms with Crippen LogP contribution in [-0.2, 0) is 0 Å². The largest absolute Gasteiger partial charge is 0.457 e. The maximum absolute atomic E-state index is 13.4. The van der Waals surface area contributed by atoms with Crippen molar-refractivity contribution >= 4 is 0 Å². The minimum absolute atomic E-state index is 0.00408. The molecule has 0 aromatic heterocycles. The maximum atomic E-state index is 13.4. The van der Waals surface area contributed by atoms with Gasteiger partial charge in [0.2, 0.25) is 0 Å². The van der Waals surface area contributed by atoms with E-state index in [-0.39, 0.29) is 17.1 Å². The highest BCUT2D eigenvalue weighted by Crippen LogP contribution is 2.26. The molecule has 0 radical (unpaired) electrons. The summed E-state index contributed by atoms with van der Waals surface area (Å²) in [4.78, 5) is 0. The summed E-state index contributed by atoms with van der Waals surface area (Å²) in [5.41, 5.74) is -0.308. The summed E-state index contributed by atoms with van der Waals surface area (Å²) in [7, 11) is 0. The summed E-state index contributed by atoms with van der Waals surface area (Å²) in [5.74, 6) is -2.96. The molecule has 0 atom stereocenters. The standard InChI is InChI=1S/C13H9F3O3/c14-10-4-2-8(6-12(10)16)19-7-1-3-9(13(17)18)11(15)5-7/h1-6,13,17-18H. The molecule has 100 valence electrons. The van der Waals surface area contributed by atoms with Crippen LogP contribution in [0.3, 0.4) is 0 Å². The minimum atomic E-state index is -1.93. The SMILES string of the molecule is OC(O)c1ccc(Oc2ccc(F)c(F)c2)cc1F. The van der Waals surface area contributed by atoms with E-state index in [2.05, 4.69) is 0 Å². The van der Waals surface area contributed by atoms with E-state index in [0.29, 0.717) is 0 Å². The van der Waals surface area contributed by atoms with Crippen molar-refractivity contribution in [1.29, 1.82) is 0 Å². The van der Waals surface area contributed by atoms with Crippen LogP contribution in [0.4, 0.5) is 13.2 Å². The van der Waals surface area contributed by atoms with Crippen molar-refractivity contribution in [2.45, 2.75) is 6.29 Å². The molecule has 0 saturated carbocycles. The minimum Gasteiger partial charge on any atom is -0.457 e. The predicted molar refractivity (Wildman–Crippen MR) is 60.0 cm³/mol. The summed E-state index contributed by atoms with van der Waals surface area (Å²) in [6, 6.07) is 6.20. The van der Waals surface area contributed by atoms with Gasteiger partial charge in [0.15, 0.2) is 17.9 Å². The Labute approximate surface area is 106 Å². The third kappa shape index (κ3) is 3.04. The molecule has 2 N–H and O–H groups in total. The summed E-state index contributed by atoms with van der Waals surface area (Å²) < 4.78 is 44.2. The molecule has 0 spiro atoms. The summed E-state index contributed by atoms with van der Waals surface area (Å²) in [6.45, 7) is 0. The molecule has 0 heterocycles. The van der Waals surface area contributed by atoms with Gasteiger partial charge in [-0.1, -0.05) is 0 Å². The number of benzene rings is 2. The molecule has 2 rings (SSSR count). The van der Waals surface area contributed by atoms with Gasteiger partial charge in [0.25, 0.3) is 0 Å². The first-order chi connectivity index (χ1) is 8.97. The summed E-state index contributed by atoms with van der Waals surface area (Å²) in [6.07, 6.45) is -1.93. The molecule has 2 aromatic carbocycles. The van der Waals surface area contributed by atoms with Gasteiger partial charge < -0.3 is 14.9 Å². The normalized spacial score (nSPS) is 10.8. The molecular weight excluding hydrogens is 261 g/mol. The average Bonchev–Trinajstić information content (AvgIpc) is 2.33. The van der Waals surface area contributed by atoms with Crippen LogP contribution in [0.1, 0.15) is 11.9 Å². The fourth-order valence-corrected chi connectivity index (χ4v) is 1.46. The Morgan fingerprint density at radius 1 is 0.789 bits per heavy atom. The van der Waals surface area contributed by atoms with Crippen molar-refractivity contribution in [3.05, 3.63) is 59.4 Å². The molecule has 6 heteroatoms. The molecule has 0 unspecified atom stereocenters. The highest BCUT2D eigenvalue weighted by Gasteiger charge is 2.11. The smallest absolute Gasteiger partial charge is 0.181 e. The molecule has 0 aliphatic carbocycles. The Bertz CT molecular complexity index is 600. The molecule has 0 saturated heterocycles. The van der Waals surface area contributed by atoms with Crippen LogP contribution in [0, 0.1) is 17.5 Å². The Morgan fingerprint density at radius 3 is 1.89 bits per heavy atom. The third-order valence-electron chi connectivity index (χ3n) is 2.38. The van der Waals surface area contributed by atoms with E-state index in [1.54, 1.807) is 0 Å². The lowest BCUT2D eigenvalue weighted by Crippen LogP contribution is -1.99. The van der Waals surface area contributed by atoms with Crippen molar-refractivity contribution < 1.29 is 28.1 Å². The quantitative estimate of drug-likeness (QED) is 0.843. The second-order valence-electron chi connectivity index (χ2n) is 3.73. The zero-order valence-electron chi connectivity index (χ0n) is 9.48. The van der Waals surface area contributed by atoms with Crippen molar-refractivity contribution in [2.24, 2.45) is 0 Å². The molecule has 2 aromatic rings. The van der Waals surface area contributed by atoms with Crippen LogP contribution in [-0.4, -0.2) is 10.2 Å². The van der Waals surface area contributed by atoms with Gasteiger partial charge >= 0.3 is 0 Å². The second kappa shape index (κ2) is 5.29. The molecule has 0 amide bonds. The Morgan fingerprint density at radius 2 is 1.37 bits per heavy atom. The monoisotopic (exact) mass is 270 g/mol. The van der Waals surface area contributed by atoms with Gasteiger partial charge in [-0.15, -0.1) is 0 Å². The highest BCUT2D eigenvalue weighted by molar-refractivity contribution is 5.34. The van der Waals surface area contributed by atoms with Crippen LogP contribution in [0.5, 0.6) is 11.5 Å². The van der Waals surface area contributed by atoms with Crippen LogP contribution < -0.4 is 4.74 Å². The zero-order valence-corrected chi connectivity index (χ0v) is 9.48. The van der Waals surface area contributed by atoms with E-state index < -0.39 is 23.7 Å². The lowest BCUT2D eigenvalue weighted by Gasteiger charge is -2.09. The maximum Gasteiger partial charge on any atom is 0.181 e. The Kier molecular flexibility index (Phi) is 3.73. The van der Waals surface area contributed by atoms with E-state index in [4.69, 9.17) is 14.9 Å². The number of hydrogen-bond donors (Lipinski definition) is 2. The number of rotatable bonds is 3. The third-order valence-corrected chi connectivity index (χ3v) is 2.38. The molecule has 0 aliphatic rings.